The van der Waals surface area contributed by atoms with Gasteiger partial charge in [0.15, 0.2) is 0 Å². The van der Waals surface area contributed by atoms with E-state index in [1.165, 1.54) is 11.8 Å². The number of amides is 2. The Balaban J connectivity index is 1.83. The summed E-state index contributed by atoms with van der Waals surface area (Å²) in [6.45, 7) is 6.81. The van der Waals surface area contributed by atoms with E-state index in [9.17, 15) is 10.0 Å². The van der Waals surface area contributed by atoms with Crippen molar-refractivity contribution >= 4 is 50.8 Å². The molecule has 1 aliphatic rings. The summed E-state index contributed by atoms with van der Waals surface area (Å²) in [5, 5.41) is 16.4. The van der Waals surface area contributed by atoms with Crippen LogP contribution in [0.25, 0.3) is 10.8 Å². The van der Waals surface area contributed by atoms with Crippen LogP contribution in [0.15, 0.2) is 42.5 Å². The molecule has 7 heteroatoms. The van der Waals surface area contributed by atoms with Gasteiger partial charge in [-0.1, -0.05) is 73.7 Å². The second kappa shape index (κ2) is 8.04. The van der Waals surface area contributed by atoms with Gasteiger partial charge in [-0.05, 0) is 31.7 Å². The molecule has 1 atom stereocenters. The largest absolute Gasteiger partial charge is 0.347 e. The Kier molecular flexibility index (Phi) is 5.93. The number of carbonyl (C=O) groups excluding carboxylic acids is 1. The number of nitrogens with one attached hydrogen (secondary N) is 1. The number of rotatable bonds is 5. The molecule has 3 rings (SSSR count). The zero-order chi connectivity index (χ0) is 19.6. The zero-order valence-corrected chi connectivity index (χ0v) is 17.4. The average molecular weight is 404 g/mol. The van der Waals surface area contributed by atoms with Gasteiger partial charge < -0.3 is 10.2 Å². The summed E-state index contributed by atoms with van der Waals surface area (Å²) in [6, 6.07) is 13.0. The van der Waals surface area contributed by atoms with Crippen LogP contribution >= 0.6 is 24.0 Å². The molecule has 0 bridgehead atoms. The number of anilines is 1. The monoisotopic (exact) mass is 403 g/mol. The standard InChI is InChI=1S/C20H25N3O2S2/c1-4-5-13-22-17(20(2,3)27-19(22)26)23(25)18(24)21-16-12-8-10-14-9-6-7-11-15(14)16/h6-12,17,25H,4-5,13H2,1-3H3,(H,21,24)/t17-/m1/s1. The van der Waals surface area contributed by atoms with Crippen LogP contribution in [0.2, 0.25) is 0 Å². The number of thioether (sulfide) groups is 1. The summed E-state index contributed by atoms with van der Waals surface area (Å²) < 4.78 is 0.311. The number of thiocarbonyl (C=S) groups is 1. The molecule has 0 radical (unpaired) electrons. The summed E-state index contributed by atoms with van der Waals surface area (Å²) in [5.41, 5.74) is 0.670. The van der Waals surface area contributed by atoms with E-state index < -0.39 is 16.9 Å². The predicted molar refractivity (Wildman–Crippen MR) is 116 cm³/mol. The van der Waals surface area contributed by atoms with Gasteiger partial charge in [-0.2, -0.15) is 5.06 Å². The molecule has 2 aromatic carbocycles. The van der Waals surface area contributed by atoms with E-state index in [0.717, 1.165) is 39.5 Å². The van der Waals surface area contributed by atoms with Crippen molar-refractivity contribution in [2.24, 2.45) is 0 Å². The maximum absolute atomic E-state index is 12.8. The molecule has 27 heavy (non-hydrogen) atoms. The molecule has 1 aliphatic heterocycles. The quantitative estimate of drug-likeness (QED) is 0.403. The van der Waals surface area contributed by atoms with E-state index in [2.05, 4.69) is 12.2 Å². The molecule has 2 N–H and O–H groups in total. The Bertz CT molecular complexity index is 851. The molecule has 5 nitrogen and oxygen atoms in total. The number of hydrogen-bond donors (Lipinski definition) is 2. The smallest absolute Gasteiger partial charge is 0.334 e. The first-order valence-electron chi connectivity index (χ1n) is 9.11. The molecule has 0 aromatic heterocycles. The van der Waals surface area contributed by atoms with Crippen molar-refractivity contribution in [3.63, 3.8) is 0 Å². The maximum Gasteiger partial charge on any atom is 0.347 e. The van der Waals surface area contributed by atoms with Crippen molar-refractivity contribution in [2.75, 3.05) is 11.9 Å². The lowest BCUT2D eigenvalue weighted by Gasteiger charge is -2.36. The normalized spacial score (nSPS) is 18.7. The van der Waals surface area contributed by atoms with Crippen molar-refractivity contribution in [3.05, 3.63) is 42.5 Å². The molecule has 1 saturated heterocycles. The van der Waals surface area contributed by atoms with E-state index in [1.807, 2.05) is 61.2 Å². The van der Waals surface area contributed by atoms with Gasteiger partial charge in [-0.15, -0.1) is 0 Å². The van der Waals surface area contributed by atoms with Gasteiger partial charge >= 0.3 is 6.03 Å². The fraction of sp³-hybridized carbons (Fsp3) is 0.400. The number of hydrogen-bond acceptors (Lipinski definition) is 4. The molecule has 2 aromatic rings. The summed E-state index contributed by atoms with van der Waals surface area (Å²) in [6.07, 6.45) is 1.45. The lowest BCUT2D eigenvalue weighted by molar-refractivity contribution is -0.114. The van der Waals surface area contributed by atoms with E-state index in [4.69, 9.17) is 12.2 Å². The van der Waals surface area contributed by atoms with Crippen LogP contribution in [0.5, 0.6) is 0 Å². The molecule has 2 amide bonds. The van der Waals surface area contributed by atoms with Crippen LogP contribution in [0.1, 0.15) is 33.6 Å². The molecule has 0 saturated carbocycles. The van der Waals surface area contributed by atoms with Crippen LogP contribution in [-0.4, -0.2) is 43.0 Å². The fourth-order valence-electron chi connectivity index (χ4n) is 3.40. The summed E-state index contributed by atoms with van der Waals surface area (Å²) in [7, 11) is 0. The van der Waals surface area contributed by atoms with Crippen molar-refractivity contribution in [1.82, 2.24) is 9.96 Å². The molecule has 0 aliphatic carbocycles. The number of unbranched alkanes of at least 4 members (excludes halogenated alkanes) is 1. The molecule has 0 spiro atoms. The topological polar surface area (TPSA) is 55.8 Å². The van der Waals surface area contributed by atoms with Gasteiger partial charge in [0.05, 0.1) is 10.4 Å². The highest BCUT2D eigenvalue weighted by atomic mass is 32.2. The third-order valence-electron chi connectivity index (χ3n) is 4.73. The van der Waals surface area contributed by atoms with Gasteiger partial charge in [0.25, 0.3) is 0 Å². The second-order valence-corrected chi connectivity index (χ2v) is 9.48. The Labute approximate surface area is 169 Å². The highest BCUT2D eigenvalue weighted by Gasteiger charge is 2.49. The highest BCUT2D eigenvalue weighted by molar-refractivity contribution is 8.24. The van der Waals surface area contributed by atoms with Crippen LogP contribution in [0.3, 0.4) is 0 Å². The lowest BCUT2D eigenvalue weighted by Crippen LogP contribution is -2.55. The zero-order valence-electron chi connectivity index (χ0n) is 15.8. The Morgan fingerprint density at radius 2 is 2.00 bits per heavy atom. The van der Waals surface area contributed by atoms with Crippen molar-refractivity contribution in [1.29, 1.82) is 0 Å². The summed E-state index contributed by atoms with van der Waals surface area (Å²) in [5.74, 6) is 0. The number of fused-ring (bicyclic) bond motifs is 1. The van der Waals surface area contributed by atoms with Crippen LogP contribution in [0, 0.1) is 0 Å². The Hall–Kier alpha value is -1.83. The SMILES string of the molecule is CCCCN1C(=S)SC(C)(C)[C@H]1N(O)C(=O)Nc1cccc2ccccc12. The van der Waals surface area contributed by atoms with Gasteiger partial charge in [0, 0.05) is 11.9 Å². The molecule has 144 valence electrons. The van der Waals surface area contributed by atoms with E-state index >= 15 is 0 Å². The summed E-state index contributed by atoms with van der Waals surface area (Å²) >= 11 is 7.02. The first kappa shape index (κ1) is 19.9. The van der Waals surface area contributed by atoms with Gasteiger partial charge in [-0.3, -0.25) is 5.21 Å². The number of hydroxylamine groups is 2. The molecule has 1 fully saturated rings. The maximum atomic E-state index is 12.8. The second-order valence-electron chi connectivity index (χ2n) is 7.19. The van der Waals surface area contributed by atoms with Gasteiger partial charge in [-0.25, -0.2) is 4.79 Å². The number of nitrogens with zero attached hydrogens (tertiary/aromatic N) is 2. The van der Waals surface area contributed by atoms with Crippen molar-refractivity contribution in [2.45, 2.75) is 44.5 Å². The van der Waals surface area contributed by atoms with E-state index in [-0.39, 0.29) is 0 Å². The van der Waals surface area contributed by atoms with E-state index in [1.54, 1.807) is 0 Å². The lowest BCUT2D eigenvalue weighted by atomic mass is 10.1. The number of urea groups is 1. The first-order chi connectivity index (χ1) is 12.8. The Morgan fingerprint density at radius 1 is 1.30 bits per heavy atom. The number of carbonyl (C=O) groups is 1. The van der Waals surface area contributed by atoms with E-state index in [0.29, 0.717) is 5.69 Å². The van der Waals surface area contributed by atoms with Gasteiger partial charge in [0.2, 0.25) is 0 Å². The van der Waals surface area contributed by atoms with Crippen LogP contribution in [-0.2, 0) is 0 Å². The van der Waals surface area contributed by atoms with Crippen LogP contribution < -0.4 is 5.32 Å². The number of benzene rings is 2. The van der Waals surface area contributed by atoms with Crippen molar-refractivity contribution in [3.8, 4) is 0 Å². The minimum Gasteiger partial charge on any atom is -0.334 e. The minimum absolute atomic E-state index is 0.407. The summed E-state index contributed by atoms with van der Waals surface area (Å²) in [4.78, 5) is 14.8. The first-order valence-corrected chi connectivity index (χ1v) is 10.3. The molecular formula is C20H25N3O2S2. The Morgan fingerprint density at radius 3 is 2.74 bits per heavy atom. The molecule has 0 unspecified atom stereocenters. The van der Waals surface area contributed by atoms with Gasteiger partial charge in [0.1, 0.15) is 10.5 Å². The highest BCUT2D eigenvalue weighted by Crippen LogP contribution is 2.42. The third kappa shape index (κ3) is 4.05. The van der Waals surface area contributed by atoms with Crippen LogP contribution in [0.4, 0.5) is 10.5 Å². The fourth-order valence-corrected chi connectivity index (χ4v) is 5.32. The predicted octanol–water partition coefficient (Wildman–Crippen LogP) is 5.30. The third-order valence-corrected chi connectivity index (χ3v) is 6.36. The minimum atomic E-state index is -0.559. The molecule has 1 heterocycles. The average Bonchev–Trinajstić information content (AvgIpc) is 2.87. The molecular weight excluding hydrogens is 378 g/mol. The van der Waals surface area contributed by atoms with Crippen molar-refractivity contribution < 1.29 is 10.0 Å².